The number of carbonyl (C=O) groups excluding carboxylic acids is 2. The number of hydrogen-bond acceptors (Lipinski definition) is 5. The summed E-state index contributed by atoms with van der Waals surface area (Å²) in [5.41, 5.74) is -1.07. The molecule has 1 heterocycles. The summed E-state index contributed by atoms with van der Waals surface area (Å²) in [6, 6.07) is 8.24. The third-order valence-corrected chi connectivity index (χ3v) is 6.51. The Bertz CT molecular complexity index is 1150. The van der Waals surface area contributed by atoms with E-state index in [1.165, 1.54) is 30.2 Å². The fourth-order valence-corrected chi connectivity index (χ4v) is 4.93. The molecule has 0 aliphatic carbocycles. The maximum absolute atomic E-state index is 15.2. The van der Waals surface area contributed by atoms with Gasteiger partial charge in [-0.25, -0.2) is 9.18 Å². The van der Waals surface area contributed by atoms with Gasteiger partial charge in [0.1, 0.15) is 17.2 Å². The van der Waals surface area contributed by atoms with Crippen molar-refractivity contribution in [2.45, 2.75) is 38.8 Å². The zero-order chi connectivity index (χ0) is 25.4. The minimum atomic E-state index is -1.44. The molecule has 3 rings (SSSR count). The second-order valence-corrected chi connectivity index (χ2v) is 10.8. The Balaban J connectivity index is 2.14. The minimum Gasteiger partial charge on any atom is -0.465 e. The van der Waals surface area contributed by atoms with Crippen LogP contribution in [0.15, 0.2) is 53.3 Å². The number of amides is 1. The summed E-state index contributed by atoms with van der Waals surface area (Å²) in [6.07, 6.45) is 0.263. The van der Waals surface area contributed by atoms with Gasteiger partial charge in [0.2, 0.25) is 0 Å². The lowest BCUT2D eigenvalue weighted by atomic mass is 9.75. The molecule has 0 aromatic heterocycles. The van der Waals surface area contributed by atoms with E-state index in [1.807, 2.05) is 20.8 Å². The van der Waals surface area contributed by atoms with Crippen molar-refractivity contribution in [3.05, 3.63) is 80.8 Å². The van der Waals surface area contributed by atoms with E-state index in [2.05, 4.69) is 27.8 Å². The van der Waals surface area contributed by atoms with E-state index in [0.717, 1.165) is 0 Å². The van der Waals surface area contributed by atoms with Crippen molar-refractivity contribution in [2.24, 2.45) is 5.41 Å². The lowest BCUT2D eigenvalue weighted by Crippen LogP contribution is -2.47. The van der Waals surface area contributed by atoms with Crippen LogP contribution in [0.4, 0.5) is 4.39 Å². The molecule has 34 heavy (non-hydrogen) atoms. The van der Waals surface area contributed by atoms with Gasteiger partial charge in [-0.2, -0.15) is 0 Å². The highest BCUT2D eigenvalue weighted by molar-refractivity contribution is 9.10. The fraction of sp³-hybridized carbons (Fsp3) is 0.360. The highest BCUT2D eigenvalue weighted by atomic mass is 79.9. The molecule has 1 aliphatic heterocycles. The molecule has 2 atom stereocenters. The van der Waals surface area contributed by atoms with Crippen molar-refractivity contribution in [1.82, 2.24) is 10.2 Å². The second-order valence-electron chi connectivity index (χ2n) is 9.44. The molecule has 9 heteroatoms. The molecule has 2 aromatic carbocycles. The summed E-state index contributed by atoms with van der Waals surface area (Å²) >= 11 is 9.41. The Morgan fingerprint density at radius 2 is 2.00 bits per heavy atom. The number of aliphatic hydroxyl groups is 1. The summed E-state index contributed by atoms with van der Waals surface area (Å²) in [4.78, 5) is 27.5. The average molecular weight is 554 g/mol. The van der Waals surface area contributed by atoms with Crippen molar-refractivity contribution >= 4 is 39.4 Å². The number of nitrogens with zero attached hydrogens (tertiary/aromatic N) is 1. The number of carbonyl (C=O) groups is 2. The smallest absolute Gasteiger partial charge is 0.339 e. The second kappa shape index (κ2) is 9.68. The van der Waals surface area contributed by atoms with Crippen LogP contribution in [-0.4, -0.2) is 35.6 Å². The maximum Gasteiger partial charge on any atom is 0.339 e. The first kappa shape index (κ1) is 26.2. The Hall–Kier alpha value is -2.42. The van der Waals surface area contributed by atoms with Gasteiger partial charge in [0.25, 0.3) is 5.91 Å². The van der Waals surface area contributed by atoms with E-state index in [0.29, 0.717) is 10.0 Å². The van der Waals surface area contributed by atoms with E-state index in [-0.39, 0.29) is 33.8 Å². The van der Waals surface area contributed by atoms with Crippen molar-refractivity contribution in [3.8, 4) is 0 Å². The fourth-order valence-electron chi connectivity index (χ4n) is 4.40. The third kappa shape index (κ3) is 4.85. The Morgan fingerprint density at radius 3 is 2.56 bits per heavy atom. The standard InChI is InChI=1S/C25H27BrClFN2O4/c1-14-29-25(13-24(2,3)4,18-8-7-16(26)11-20(18)28)23(33)30(14)21(12-31)15-6-9-19(27)17(10-15)22(32)34-5/h6-11,21,29,31H,1,12-13H2,2-5H3/t21-,25-/m1/s1. The zero-order valence-corrected chi connectivity index (χ0v) is 21.8. The van der Waals surface area contributed by atoms with Gasteiger partial charge < -0.3 is 15.2 Å². The van der Waals surface area contributed by atoms with Crippen molar-refractivity contribution < 1.29 is 23.8 Å². The largest absolute Gasteiger partial charge is 0.465 e. The van der Waals surface area contributed by atoms with Crippen molar-refractivity contribution in [1.29, 1.82) is 0 Å². The number of aliphatic hydroxyl groups excluding tert-OH is 1. The number of benzene rings is 2. The van der Waals surface area contributed by atoms with Gasteiger partial charge in [-0.15, -0.1) is 0 Å². The van der Waals surface area contributed by atoms with Gasteiger partial charge in [-0.1, -0.05) is 67.0 Å². The SMILES string of the molecule is C=C1N[C@](CC(C)(C)C)(c2ccc(Br)cc2F)C(=O)N1[C@H](CO)c1ccc(Cl)c(C(=O)OC)c1. The molecule has 6 nitrogen and oxygen atoms in total. The molecule has 0 spiro atoms. The van der Waals surface area contributed by atoms with Crippen LogP contribution in [0.1, 0.15) is 54.7 Å². The predicted molar refractivity (Wildman–Crippen MR) is 132 cm³/mol. The van der Waals surface area contributed by atoms with E-state index >= 15 is 4.39 Å². The van der Waals surface area contributed by atoms with Crippen LogP contribution < -0.4 is 5.32 Å². The van der Waals surface area contributed by atoms with Crippen LogP contribution in [0.5, 0.6) is 0 Å². The van der Waals surface area contributed by atoms with Crippen LogP contribution in [0.2, 0.25) is 5.02 Å². The number of ether oxygens (including phenoxy) is 1. The number of methoxy groups -OCH3 is 1. The first-order valence-electron chi connectivity index (χ1n) is 10.6. The predicted octanol–water partition coefficient (Wildman–Crippen LogP) is 5.30. The number of nitrogens with one attached hydrogen (secondary N) is 1. The highest BCUT2D eigenvalue weighted by Crippen LogP contribution is 2.45. The van der Waals surface area contributed by atoms with Crippen molar-refractivity contribution in [2.75, 3.05) is 13.7 Å². The first-order valence-corrected chi connectivity index (χ1v) is 11.8. The van der Waals surface area contributed by atoms with Crippen molar-refractivity contribution in [3.63, 3.8) is 0 Å². The molecule has 1 amide bonds. The molecule has 0 unspecified atom stereocenters. The number of hydrogen-bond donors (Lipinski definition) is 2. The Labute approximate surface area is 211 Å². The summed E-state index contributed by atoms with van der Waals surface area (Å²) in [6.45, 7) is 9.40. The molecule has 0 bridgehead atoms. The molecule has 182 valence electrons. The van der Waals surface area contributed by atoms with E-state index < -0.39 is 35.9 Å². The third-order valence-electron chi connectivity index (χ3n) is 5.68. The first-order chi connectivity index (χ1) is 15.8. The summed E-state index contributed by atoms with van der Waals surface area (Å²) < 4.78 is 20.5. The van der Waals surface area contributed by atoms with Gasteiger partial charge >= 0.3 is 5.97 Å². The Kier molecular flexibility index (Phi) is 7.45. The number of esters is 1. The normalized spacial score (nSPS) is 19.2. The molecule has 1 aliphatic rings. The Morgan fingerprint density at radius 1 is 1.32 bits per heavy atom. The van der Waals surface area contributed by atoms with E-state index in [4.69, 9.17) is 16.3 Å². The highest BCUT2D eigenvalue weighted by Gasteiger charge is 2.54. The molecular formula is C25H27BrClFN2O4. The quantitative estimate of drug-likeness (QED) is 0.475. The minimum absolute atomic E-state index is 0.102. The molecule has 2 aromatic rings. The lowest BCUT2D eigenvalue weighted by molar-refractivity contribution is -0.135. The van der Waals surface area contributed by atoms with Gasteiger partial charge in [0, 0.05) is 10.0 Å². The zero-order valence-electron chi connectivity index (χ0n) is 19.4. The van der Waals surface area contributed by atoms with Gasteiger partial charge in [-0.05, 0) is 41.7 Å². The molecule has 1 saturated heterocycles. The van der Waals surface area contributed by atoms with Gasteiger partial charge in [-0.3, -0.25) is 9.69 Å². The van der Waals surface area contributed by atoms with Crippen LogP contribution in [-0.2, 0) is 15.1 Å². The molecule has 0 radical (unpaired) electrons. The molecular weight excluding hydrogens is 527 g/mol. The summed E-state index contributed by atoms with van der Waals surface area (Å²) in [5.74, 6) is -1.44. The molecule has 1 fully saturated rings. The summed E-state index contributed by atoms with van der Waals surface area (Å²) in [5, 5.41) is 13.6. The maximum atomic E-state index is 15.2. The molecule has 2 N–H and O–H groups in total. The molecule has 0 saturated carbocycles. The van der Waals surface area contributed by atoms with Crippen LogP contribution >= 0.6 is 27.5 Å². The number of halogens is 3. The lowest BCUT2D eigenvalue weighted by Gasteiger charge is -2.35. The van der Waals surface area contributed by atoms with Crippen LogP contribution in [0.25, 0.3) is 0 Å². The summed E-state index contributed by atoms with van der Waals surface area (Å²) in [7, 11) is 1.23. The van der Waals surface area contributed by atoms with Crippen LogP contribution in [0, 0.1) is 11.2 Å². The van der Waals surface area contributed by atoms with Gasteiger partial charge in [0.05, 0.1) is 30.3 Å². The van der Waals surface area contributed by atoms with E-state index in [9.17, 15) is 14.7 Å². The number of rotatable bonds is 6. The van der Waals surface area contributed by atoms with E-state index in [1.54, 1.807) is 18.2 Å². The average Bonchev–Trinajstić information content (AvgIpc) is 2.98. The topological polar surface area (TPSA) is 78.9 Å². The van der Waals surface area contributed by atoms with Crippen LogP contribution in [0.3, 0.4) is 0 Å². The van der Waals surface area contributed by atoms with Gasteiger partial charge in [0.15, 0.2) is 0 Å². The monoisotopic (exact) mass is 552 g/mol.